The maximum absolute atomic E-state index is 6.02. The summed E-state index contributed by atoms with van der Waals surface area (Å²) >= 11 is 0. The second-order valence-electron chi connectivity index (χ2n) is 7.89. The number of para-hydroxylation sites is 1. The van der Waals surface area contributed by atoms with E-state index >= 15 is 0 Å². The van der Waals surface area contributed by atoms with E-state index in [4.69, 9.17) is 23.7 Å². The summed E-state index contributed by atoms with van der Waals surface area (Å²) in [7, 11) is 0. The highest BCUT2D eigenvalue weighted by molar-refractivity contribution is 5.95. The van der Waals surface area contributed by atoms with E-state index in [-0.39, 0.29) is 0 Å². The normalized spacial score (nSPS) is 17.6. The van der Waals surface area contributed by atoms with Gasteiger partial charge >= 0.3 is 0 Å². The topological polar surface area (TPSA) is 97.5 Å². The number of pyridine rings is 1. The van der Waals surface area contributed by atoms with E-state index in [2.05, 4.69) is 25.5 Å². The summed E-state index contributed by atoms with van der Waals surface area (Å²) < 4.78 is 22.2. The summed E-state index contributed by atoms with van der Waals surface area (Å²) in [5.74, 6) is 1.41. The third-order valence-corrected chi connectivity index (χ3v) is 5.67. The van der Waals surface area contributed by atoms with Crippen LogP contribution in [0.15, 0.2) is 46.0 Å². The fourth-order valence-electron chi connectivity index (χ4n) is 3.85. The summed E-state index contributed by atoms with van der Waals surface area (Å²) in [5, 5.41) is 9.37. The maximum Gasteiger partial charge on any atom is 0.217 e. The molecule has 0 amide bonds. The third-order valence-electron chi connectivity index (χ3n) is 5.67. The van der Waals surface area contributed by atoms with Gasteiger partial charge in [0.2, 0.25) is 5.88 Å². The molecule has 2 fully saturated rings. The molecule has 33 heavy (non-hydrogen) atoms. The van der Waals surface area contributed by atoms with Crippen molar-refractivity contribution in [2.24, 2.45) is 5.10 Å². The third kappa shape index (κ3) is 5.59. The molecule has 0 radical (unpaired) electrons. The van der Waals surface area contributed by atoms with Crippen LogP contribution in [0, 0.1) is 0 Å². The van der Waals surface area contributed by atoms with Gasteiger partial charge in [-0.3, -0.25) is 10.3 Å². The quantitative estimate of drug-likeness (QED) is 0.407. The van der Waals surface area contributed by atoms with Crippen molar-refractivity contribution in [2.75, 3.05) is 76.1 Å². The van der Waals surface area contributed by atoms with Crippen LogP contribution in [0.4, 0.5) is 11.5 Å². The van der Waals surface area contributed by atoms with Crippen molar-refractivity contribution in [2.45, 2.75) is 0 Å². The van der Waals surface area contributed by atoms with E-state index < -0.39 is 0 Å². The van der Waals surface area contributed by atoms with Gasteiger partial charge in [0.15, 0.2) is 5.58 Å². The largest absolute Gasteiger partial charge is 0.476 e. The van der Waals surface area contributed by atoms with Crippen molar-refractivity contribution < 1.29 is 18.7 Å². The van der Waals surface area contributed by atoms with Crippen LogP contribution >= 0.6 is 0 Å². The van der Waals surface area contributed by atoms with Crippen LogP contribution < -0.4 is 15.1 Å². The molecule has 1 N–H and O–H groups in total. The Balaban J connectivity index is 1.28. The van der Waals surface area contributed by atoms with Gasteiger partial charge in [0.05, 0.1) is 43.7 Å². The number of rotatable bonds is 8. The van der Waals surface area contributed by atoms with Crippen LogP contribution in [-0.4, -0.2) is 87.0 Å². The Kier molecular flexibility index (Phi) is 6.95. The fourth-order valence-corrected chi connectivity index (χ4v) is 3.85. The first-order valence-corrected chi connectivity index (χ1v) is 11.3. The van der Waals surface area contributed by atoms with Gasteiger partial charge in [0.25, 0.3) is 0 Å². The van der Waals surface area contributed by atoms with Crippen molar-refractivity contribution in [3.05, 3.63) is 42.1 Å². The molecular weight excluding hydrogens is 424 g/mol. The van der Waals surface area contributed by atoms with Crippen LogP contribution in [0.5, 0.6) is 5.88 Å². The van der Waals surface area contributed by atoms with Gasteiger partial charge in [-0.25, -0.2) is 0 Å². The molecule has 0 aliphatic carbocycles. The monoisotopic (exact) mass is 452 g/mol. The number of aromatic nitrogens is 2. The van der Waals surface area contributed by atoms with Crippen molar-refractivity contribution in [3.8, 4) is 5.88 Å². The minimum absolute atomic E-state index is 0.563. The maximum atomic E-state index is 6.02. The average molecular weight is 453 g/mol. The molecule has 2 saturated heterocycles. The van der Waals surface area contributed by atoms with Gasteiger partial charge in [-0.1, -0.05) is 17.3 Å². The predicted molar refractivity (Wildman–Crippen MR) is 125 cm³/mol. The van der Waals surface area contributed by atoms with E-state index in [1.165, 1.54) is 0 Å². The fraction of sp³-hybridized carbons (Fsp3) is 0.435. The number of nitrogens with zero attached hydrogens (tertiary/aromatic N) is 5. The van der Waals surface area contributed by atoms with Crippen LogP contribution in [0.3, 0.4) is 0 Å². The zero-order valence-electron chi connectivity index (χ0n) is 18.5. The second-order valence-corrected chi connectivity index (χ2v) is 7.89. The summed E-state index contributed by atoms with van der Waals surface area (Å²) in [5.41, 5.74) is 5.28. The smallest absolute Gasteiger partial charge is 0.217 e. The van der Waals surface area contributed by atoms with Gasteiger partial charge in [0.1, 0.15) is 18.1 Å². The molecule has 1 aromatic carbocycles. The Hall–Kier alpha value is -3.21. The average Bonchev–Trinajstić information content (AvgIpc) is 3.28. The number of morpholine rings is 2. The van der Waals surface area contributed by atoms with Crippen molar-refractivity contribution >= 4 is 28.7 Å². The number of fused-ring (bicyclic) bond motifs is 1. The molecular formula is C23H28N6O4. The van der Waals surface area contributed by atoms with Crippen LogP contribution in [0.1, 0.15) is 5.69 Å². The van der Waals surface area contributed by atoms with Crippen molar-refractivity contribution in [1.82, 2.24) is 15.0 Å². The number of benzene rings is 1. The van der Waals surface area contributed by atoms with Crippen LogP contribution in [0.25, 0.3) is 11.0 Å². The molecule has 2 aromatic heterocycles. The number of hydrogen-bond donors (Lipinski definition) is 1. The molecule has 0 atom stereocenters. The van der Waals surface area contributed by atoms with Gasteiger partial charge in [-0.15, -0.1) is 0 Å². The summed E-state index contributed by atoms with van der Waals surface area (Å²) in [6.45, 7) is 7.77. The zero-order chi connectivity index (χ0) is 22.3. The van der Waals surface area contributed by atoms with Crippen LogP contribution in [0.2, 0.25) is 0 Å². The Morgan fingerprint density at radius 1 is 1.03 bits per heavy atom. The first-order chi connectivity index (χ1) is 16.3. The lowest BCUT2D eigenvalue weighted by atomic mass is 10.2. The highest BCUT2D eigenvalue weighted by Crippen LogP contribution is 2.24. The molecule has 10 nitrogen and oxygen atoms in total. The minimum Gasteiger partial charge on any atom is -0.476 e. The minimum atomic E-state index is 0.563. The first-order valence-electron chi connectivity index (χ1n) is 11.3. The summed E-state index contributed by atoms with van der Waals surface area (Å²) in [6, 6.07) is 11.5. The molecule has 3 aromatic rings. The molecule has 0 saturated carbocycles. The molecule has 0 spiro atoms. The number of anilines is 2. The SMILES string of the molecule is C(=NNc1cc(OCCN2CCOCC2)nc(N2CCOCC2)c1)c1noc2ccccc12. The van der Waals surface area contributed by atoms with Crippen molar-refractivity contribution in [3.63, 3.8) is 0 Å². The van der Waals surface area contributed by atoms with E-state index in [1.807, 2.05) is 36.4 Å². The Labute approximate surface area is 192 Å². The number of nitrogens with one attached hydrogen (secondary N) is 1. The van der Waals surface area contributed by atoms with E-state index in [0.717, 1.165) is 68.4 Å². The molecule has 10 heteroatoms. The lowest BCUT2D eigenvalue weighted by Crippen LogP contribution is -2.38. The Bertz CT molecular complexity index is 1080. The highest BCUT2D eigenvalue weighted by Gasteiger charge is 2.16. The number of ether oxygens (including phenoxy) is 3. The van der Waals surface area contributed by atoms with Gasteiger partial charge in [-0.05, 0) is 12.1 Å². The lowest BCUT2D eigenvalue weighted by molar-refractivity contribution is 0.0320. The second kappa shape index (κ2) is 10.6. The highest BCUT2D eigenvalue weighted by atomic mass is 16.5. The van der Waals surface area contributed by atoms with Gasteiger partial charge in [-0.2, -0.15) is 10.1 Å². The number of hydrogen-bond acceptors (Lipinski definition) is 10. The standard InChI is InChI=1S/C23H28N6O4/c1-2-4-21-19(3-1)20(27-33-21)17-24-26-18-15-22(29-8-12-31-13-9-29)25-23(16-18)32-14-7-28-5-10-30-11-6-28/h1-4,15-17H,5-14H2,(H,25,26). The van der Waals surface area contributed by atoms with E-state index in [1.54, 1.807) is 6.21 Å². The summed E-state index contributed by atoms with van der Waals surface area (Å²) in [4.78, 5) is 9.25. The molecule has 4 heterocycles. The molecule has 5 rings (SSSR count). The summed E-state index contributed by atoms with van der Waals surface area (Å²) in [6.07, 6.45) is 1.65. The molecule has 174 valence electrons. The Morgan fingerprint density at radius 2 is 1.82 bits per heavy atom. The molecule has 0 bridgehead atoms. The van der Waals surface area contributed by atoms with E-state index in [9.17, 15) is 0 Å². The molecule has 2 aliphatic rings. The van der Waals surface area contributed by atoms with Gasteiger partial charge < -0.3 is 23.6 Å². The van der Waals surface area contributed by atoms with E-state index in [0.29, 0.717) is 31.4 Å². The molecule has 0 unspecified atom stereocenters. The van der Waals surface area contributed by atoms with Crippen molar-refractivity contribution in [1.29, 1.82) is 0 Å². The number of hydrazone groups is 1. The van der Waals surface area contributed by atoms with Gasteiger partial charge in [0, 0.05) is 44.9 Å². The molecule has 2 aliphatic heterocycles. The lowest BCUT2D eigenvalue weighted by Gasteiger charge is -2.28. The first kappa shape index (κ1) is 21.6. The Morgan fingerprint density at radius 3 is 2.67 bits per heavy atom. The zero-order valence-corrected chi connectivity index (χ0v) is 18.5. The van der Waals surface area contributed by atoms with Crippen LogP contribution in [-0.2, 0) is 9.47 Å². The predicted octanol–water partition coefficient (Wildman–Crippen LogP) is 2.22.